The van der Waals surface area contributed by atoms with Crippen LogP contribution in [0.25, 0.3) is 0 Å². The van der Waals surface area contributed by atoms with Gasteiger partial charge in [-0.15, -0.1) is 0 Å². The maximum absolute atomic E-state index is 10.8. The molecule has 1 heterocycles. The van der Waals surface area contributed by atoms with Gasteiger partial charge in [-0.05, 0) is 27.7 Å². The normalized spacial score (nSPS) is 28.2. The summed E-state index contributed by atoms with van der Waals surface area (Å²) >= 11 is 0. The molecule has 0 saturated carbocycles. The van der Waals surface area contributed by atoms with Gasteiger partial charge in [0, 0.05) is 6.42 Å². The fraction of sp³-hybridized carbons (Fsp3) is 1.00. The van der Waals surface area contributed by atoms with Crippen LogP contribution in [-0.2, 0) is 23.8 Å². The van der Waals surface area contributed by atoms with Crippen molar-refractivity contribution in [1.29, 1.82) is 0 Å². The smallest absolute Gasteiger partial charge is 0.264 e. The van der Waals surface area contributed by atoms with Crippen molar-refractivity contribution in [2.24, 2.45) is 0 Å². The largest absolute Gasteiger partial charge is 0.344 e. The molecule has 1 atom stereocenters. The van der Waals surface area contributed by atoms with Gasteiger partial charge >= 0.3 is 0 Å². The van der Waals surface area contributed by atoms with E-state index in [9.17, 15) is 8.42 Å². The van der Waals surface area contributed by atoms with Crippen LogP contribution in [0.1, 0.15) is 34.1 Å². The number of rotatable bonds is 4. The zero-order chi connectivity index (χ0) is 12.6. The first kappa shape index (κ1) is 13.9. The lowest BCUT2D eigenvalue weighted by atomic mass is 10.00. The quantitative estimate of drug-likeness (QED) is 0.705. The molecule has 1 rings (SSSR count). The lowest BCUT2D eigenvalue weighted by Crippen LogP contribution is -2.34. The van der Waals surface area contributed by atoms with E-state index in [2.05, 4.69) is 4.18 Å². The molecular formula is C10H20O5S. The molecule has 0 aromatic carbocycles. The van der Waals surface area contributed by atoms with E-state index in [1.807, 2.05) is 27.7 Å². The average molecular weight is 252 g/mol. The van der Waals surface area contributed by atoms with Crippen LogP contribution in [0.15, 0.2) is 0 Å². The van der Waals surface area contributed by atoms with Gasteiger partial charge in [-0.3, -0.25) is 4.18 Å². The van der Waals surface area contributed by atoms with E-state index in [1.54, 1.807) is 0 Å². The Morgan fingerprint density at radius 3 is 2.19 bits per heavy atom. The summed E-state index contributed by atoms with van der Waals surface area (Å²) in [6.45, 7) is 7.64. The predicted octanol–water partition coefficient (Wildman–Crippen LogP) is 1.28. The number of hydrogen-bond donors (Lipinski definition) is 0. The van der Waals surface area contributed by atoms with Crippen LogP contribution in [0.4, 0.5) is 0 Å². The van der Waals surface area contributed by atoms with Gasteiger partial charge in [0.15, 0.2) is 5.79 Å². The fourth-order valence-electron chi connectivity index (χ4n) is 1.92. The molecule has 0 bridgehead atoms. The van der Waals surface area contributed by atoms with Crippen LogP contribution in [-0.4, -0.2) is 38.8 Å². The molecule has 0 amide bonds. The van der Waals surface area contributed by atoms with E-state index >= 15 is 0 Å². The number of ether oxygens (including phenoxy) is 2. The minimum absolute atomic E-state index is 0.117. The molecule has 0 spiro atoms. The van der Waals surface area contributed by atoms with Gasteiger partial charge in [-0.1, -0.05) is 0 Å². The highest BCUT2D eigenvalue weighted by atomic mass is 32.2. The summed E-state index contributed by atoms with van der Waals surface area (Å²) in [7, 11) is -3.38. The molecule has 0 aliphatic carbocycles. The zero-order valence-electron chi connectivity index (χ0n) is 10.4. The molecular weight excluding hydrogens is 232 g/mol. The van der Waals surface area contributed by atoms with Crippen molar-refractivity contribution in [3.63, 3.8) is 0 Å². The molecule has 1 saturated heterocycles. The van der Waals surface area contributed by atoms with Crippen molar-refractivity contribution in [3.05, 3.63) is 0 Å². The van der Waals surface area contributed by atoms with Crippen molar-refractivity contribution in [3.8, 4) is 0 Å². The first-order valence-electron chi connectivity index (χ1n) is 5.24. The van der Waals surface area contributed by atoms with E-state index in [0.29, 0.717) is 6.42 Å². The molecule has 96 valence electrons. The Balaban J connectivity index is 2.49. The van der Waals surface area contributed by atoms with Crippen molar-refractivity contribution in [2.45, 2.75) is 51.6 Å². The molecule has 0 unspecified atom stereocenters. The van der Waals surface area contributed by atoms with Crippen molar-refractivity contribution < 1.29 is 22.1 Å². The second kappa shape index (κ2) is 4.25. The van der Waals surface area contributed by atoms with E-state index in [-0.39, 0.29) is 12.7 Å². The van der Waals surface area contributed by atoms with E-state index in [0.717, 1.165) is 6.26 Å². The monoisotopic (exact) mass is 252 g/mol. The predicted molar refractivity (Wildman–Crippen MR) is 59.5 cm³/mol. The maximum atomic E-state index is 10.8. The lowest BCUT2D eigenvalue weighted by Gasteiger charge is -2.23. The summed E-state index contributed by atoms with van der Waals surface area (Å²) in [6.07, 6.45) is 1.36. The summed E-state index contributed by atoms with van der Waals surface area (Å²) in [5.74, 6) is -0.626. The van der Waals surface area contributed by atoms with Gasteiger partial charge in [0.05, 0.1) is 24.6 Å². The average Bonchev–Trinajstić information content (AvgIpc) is 2.16. The summed E-state index contributed by atoms with van der Waals surface area (Å²) in [5, 5.41) is 0. The van der Waals surface area contributed by atoms with Crippen LogP contribution < -0.4 is 0 Å². The highest BCUT2D eigenvalue weighted by Crippen LogP contribution is 2.37. The molecule has 0 aromatic rings. The van der Waals surface area contributed by atoms with Crippen LogP contribution >= 0.6 is 0 Å². The molecule has 6 heteroatoms. The third kappa shape index (κ3) is 4.01. The van der Waals surface area contributed by atoms with Crippen molar-refractivity contribution in [1.82, 2.24) is 0 Å². The zero-order valence-corrected chi connectivity index (χ0v) is 11.3. The highest BCUT2D eigenvalue weighted by molar-refractivity contribution is 7.85. The van der Waals surface area contributed by atoms with Gasteiger partial charge in [-0.25, -0.2) is 0 Å². The van der Waals surface area contributed by atoms with Crippen LogP contribution in [0.3, 0.4) is 0 Å². The molecule has 1 fully saturated rings. The second-order valence-corrected chi connectivity index (χ2v) is 6.67. The topological polar surface area (TPSA) is 61.8 Å². The van der Waals surface area contributed by atoms with E-state index in [4.69, 9.17) is 9.47 Å². The van der Waals surface area contributed by atoms with Gasteiger partial charge < -0.3 is 9.47 Å². The Morgan fingerprint density at radius 1 is 1.25 bits per heavy atom. The Kier molecular flexibility index (Phi) is 3.69. The minimum Gasteiger partial charge on any atom is -0.344 e. The van der Waals surface area contributed by atoms with Gasteiger partial charge in [0.25, 0.3) is 10.1 Å². The first-order valence-corrected chi connectivity index (χ1v) is 7.06. The lowest BCUT2D eigenvalue weighted by molar-refractivity contribution is -0.157. The molecule has 0 aromatic heterocycles. The third-order valence-electron chi connectivity index (χ3n) is 2.39. The van der Waals surface area contributed by atoms with Crippen molar-refractivity contribution >= 4 is 10.1 Å². The van der Waals surface area contributed by atoms with E-state index < -0.39 is 21.5 Å². The van der Waals surface area contributed by atoms with Crippen LogP contribution in [0.2, 0.25) is 0 Å². The Morgan fingerprint density at radius 2 is 1.81 bits per heavy atom. The Labute approximate surface area is 97.2 Å². The summed E-state index contributed by atoms with van der Waals surface area (Å²) in [5.41, 5.74) is -0.426. The molecule has 1 aliphatic rings. The fourth-order valence-corrected chi connectivity index (χ4v) is 2.32. The Bertz CT molecular complexity index is 344. The first-order chi connectivity index (χ1) is 7.02. The molecule has 0 N–H and O–H groups in total. The minimum atomic E-state index is -3.38. The second-order valence-electron chi connectivity index (χ2n) is 5.03. The maximum Gasteiger partial charge on any atom is 0.264 e. The SMILES string of the molecule is CC1(C)O[C@@H](CCOS(C)(=O)=O)C(C)(C)O1. The van der Waals surface area contributed by atoms with Gasteiger partial charge in [0.1, 0.15) is 0 Å². The summed E-state index contributed by atoms with van der Waals surface area (Å²) in [4.78, 5) is 0. The molecule has 16 heavy (non-hydrogen) atoms. The highest BCUT2D eigenvalue weighted by Gasteiger charge is 2.46. The van der Waals surface area contributed by atoms with E-state index in [1.165, 1.54) is 0 Å². The summed E-state index contributed by atoms with van der Waals surface area (Å²) < 4.78 is 37.7. The van der Waals surface area contributed by atoms with Crippen molar-refractivity contribution in [2.75, 3.05) is 12.9 Å². The molecule has 0 radical (unpaired) electrons. The standard InChI is InChI=1S/C10H20O5S/c1-9(2)8(14-10(3,4)15-9)6-7-13-16(5,11)12/h8H,6-7H2,1-5H3/t8-/m0/s1. The third-order valence-corrected chi connectivity index (χ3v) is 2.98. The van der Waals surface area contributed by atoms with Crippen LogP contribution in [0.5, 0.6) is 0 Å². The summed E-state index contributed by atoms with van der Waals surface area (Å²) in [6, 6.07) is 0. The number of hydrogen-bond acceptors (Lipinski definition) is 5. The van der Waals surface area contributed by atoms with Gasteiger partial charge in [0.2, 0.25) is 0 Å². The molecule has 1 aliphatic heterocycles. The van der Waals surface area contributed by atoms with Crippen LogP contribution in [0, 0.1) is 0 Å². The molecule has 5 nitrogen and oxygen atoms in total. The van der Waals surface area contributed by atoms with Gasteiger partial charge in [-0.2, -0.15) is 8.42 Å². The Hall–Kier alpha value is -0.170.